The van der Waals surface area contributed by atoms with Crippen LogP contribution in [0, 0.1) is 21.7 Å². The standard InChI is InChI=1S/C18H35NO/c1-15(2,3)18(8,9)14(20)19-12-10-11-16(4,5)17(6,7)13-19/h10-13H2,1-9H3. The van der Waals surface area contributed by atoms with Crippen molar-refractivity contribution >= 4 is 5.91 Å². The topological polar surface area (TPSA) is 20.3 Å². The Hall–Kier alpha value is -0.530. The van der Waals surface area contributed by atoms with E-state index >= 15 is 0 Å². The fourth-order valence-electron chi connectivity index (χ4n) is 2.71. The molecule has 118 valence electrons. The fourth-order valence-corrected chi connectivity index (χ4v) is 2.71. The molecule has 1 aliphatic rings. The summed E-state index contributed by atoms with van der Waals surface area (Å²) in [5.74, 6) is 0.316. The summed E-state index contributed by atoms with van der Waals surface area (Å²) in [6, 6.07) is 0. The zero-order valence-electron chi connectivity index (χ0n) is 15.2. The monoisotopic (exact) mass is 281 g/mol. The third-order valence-electron chi connectivity index (χ3n) is 6.34. The molecule has 0 atom stereocenters. The van der Waals surface area contributed by atoms with Gasteiger partial charge in [0.25, 0.3) is 0 Å². The lowest BCUT2D eigenvalue weighted by molar-refractivity contribution is -0.148. The van der Waals surface area contributed by atoms with Gasteiger partial charge in [-0.1, -0.05) is 62.3 Å². The van der Waals surface area contributed by atoms with Crippen molar-refractivity contribution in [3.63, 3.8) is 0 Å². The Kier molecular flexibility index (Phi) is 4.41. The van der Waals surface area contributed by atoms with Crippen LogP contribution < -0.4 is 0 Å². The van der Waals surface area contributed by atoms with Gasteiger partial charge in [0.2, 0.25) is 5.91 Å². The van der Waals surface area contributed by atoms with Gasteiger partial charge < -0.3 is 4.90 Å². The summed E-state index contributed by atoms with van der Waals surface area (Å²) in [7, 11) is 0. The lowest BCUT2D eigenvalue weighted by Crippen LogP contribution is -2.50. The molecule has 2 heteroatoms. The second-order valence-electron chi connectivity index (χ2n) is 9.47. The molecule has 1 rings (SSSR count). The molecule has 0 aromatic heterocycles. The highest BCUT2D eigenvalue weighted by Gasteiger charge is 2.46. The van der Waals surface area contributed by atoms with Crippen LogP contribution in [-0.2, 0) is 4.79 Å². The van der Waals surface area contributed by atoms with E-state index < -0.39 is 0 Å². The molecule has 1 aliphatic heterocycles. The predicted molar refractivity (Wildman–Crippen MR) is 86.6 cm³/mol. The number of carbonyl (C=O) groups is 1. The molecule has 0 aliphatic carbocycles. The predicted octanol–water partition coefficient (Wildman–Crippen LogP) is 4.73. The summed E-state index contributed by atoms with van der Waals surface area (Å²) in [5.41, 5.74) is 0.106. The normalized spacial score (nSPS) is 23.4. The van der Waals surface area contributed by atoms with Crippen LogP contribution in [0.1, 0.15) is 75.2 Å². The highest BCUT2D eigenvalue weighted by atomic mass is 16.2. The third-order valence-corrected chi connectivity index (χ3v) is 6.34. The lowest BCUT2D eigenvalue weighted by atomic mass is 9.65. The van der Waals surface area contributed by atoms with E-state index in [2.05, 4.69) is 67.2 Å². The number of carbonyl (C=O) groups excluding carboxylic acids is 1. The van der Waals surface area contributed by atoms with Crippen LogP contribution in [0.3, 0.4) is 0 Å². The first kappa shape index (κ1) is 17.5. The zero-order valence-corrected chi connectivity index (χ0v) is 15.2. The van der Waals surface area contributed by atoms with Gasteiger partial charge in [-0.3, -0.25) is 4.79 Å². The zero-order chi connectivity index (χ0) is 16.0. The second-order valence-corrected chi connectivity index (χ2v) is 9.47. The number of hydrogen-bond donors (Lipinski definition) is 0. The van der Waals surface area contributed by atoms with Crippen molar-refractivity contribution in [1.29, 1.82) is 0 Å². The molecule has 0 radical (unpaired) electrons. The smallest absolute Gasteiger partial charge is 0.228 e. The Labute approximate surface area is 126 Å². The van der Waals surface area contributed by atoms with E-state index in [1.54, 1.807) is 0 Å². The van der Waals surface area contributed by atoms with Gasteiger partial charge in [0.15, 0.2) is 0 Å². The number of amides is 1. The molecule has 0 aromatic rings. The minimum atomic E-state index is -0.322. The van der Waals surface area contributed by atoms with Crippen molar-refractivity contribution in [1.82, 2.24) is 4.90 Å². The molecular formula is C18H35NO. The van der Waals surface area contributed by atoms with Gasteiger partial charge in [-0.05, 0) is 29.1 Å². The van der Waals surface area contributed by atoms with Gasteiger partial charge in [0.1, 0.15) is 0 Å². The van der Waals surface area contributed by atoms with Crippen molar-refractivity contribution in [2.45, 2.75) is 75.2 Å². The van der Waals surface area contributed by atoms with E-state index in [4.69, 9.17) is 0 Å². The first-order chi connectivity index (χ1) is 8.72. The Morgan fingerprint density at radius 2 is 1.45 bits per heavy atom. The summed E-state index contributed by atoms with van der Waals surface area (Å²) >= 11 is 0. The summed E-state index contributed by atoms with van der Waals surface area (Å²) in [5, 5.41) is 0. The first-order valence-corrected chi connectivity index (χ1v) is 8.02. The van der Waals surface area contributed by atoms with Crippen molar-refractivity contribution in [2.24, 2.45) is 21.7 Å². The minimum Gasteiger partial charge on any atom is -0.342 e. The second kappa shape index (κ2) is 5.03. The maximum atomic E-state index is 13.0. The van der Waals surface area contributed by atoms with E-state index in [0.29, 0.717) is 5.91 Å². The molecule has 0 bridgehead atoms. The number of hydrogen-bond acceptors (Lipinski definition) is 1. The molecule has 1 amide bonds. The van der Waals surface area contributed by atoms with E-state index in [1.165, 1.54) is 6.42 Å². The molecule has 1 saturated heterocycles. The quantitative estimate of drug-likeness (QED) is 0.680. The summed E-state index contributed by atoms with van der Waals surface area (Å²) in [6.07, 6.45) is 2.31. The van der Waals surface area contributed by atoms with Gasteiger partial charge in [-0.2, -0.15) is 0 Å². The van der Waals surface area contributed by atoms with E-state index in [-0.39, 0.29) is 21.7 Å². The third kappa shape index (κ3) is 3.04. The lowest BCUT2D eigenvalue weighted by Gasteiger charge is -2.45. The van der Waals surface area contributed by atoms with E-state index in [1.807, 2.05) is 0 Å². The average Bonchev–Trinajstić information content (AvgIpc) is 2.33. The SMILES string of the molecule is CC(C)(C)C(C)(C)C(=O)N1CCCC(C)(C)C(C)(C)C1. The number of nitrogens with zero attached hydrogens (tertiary/aromatic N) is 1. The van der Waals surface area contributed by atoms with Crippen molar-refractivity contribution in [3.05, 3.63) is 0 Å². The van der Waals surface area contributed by atoms with Gasteiger partial charge >= 0.3 is 0 Å². The van der Waals surface area contributed by atoms with Crippen LogP contribution >= 0.6 is 0 Å². The van der Waals surface area contributed by atoms with Gasteiger partial charge in [0, 0.05) is 18.5 Å². The Bertz CT molecular complexity index is 371. The maximum Gasteiger partial charge on any atom is 0.228 e. The van der Waals surface area contributed by atoms with Gasteiger partial charge in [0.05, 0.1) is 0 Å². The summed E-state index contributed by atoms with van der Waals surface area (Å²) in [4.78, 5) is 15.2. The van der Waals surface area contributed by atoms with Crippen LogP contribution in [0.2, 0.25) is 0 Å². The van der Waals surface area contributed by atoms with Crippen molar-refractivity contribution < 1.29 is 4.79 Å². The highest BCUT2D eigenvalue weighted by Crippen LogP contribution is 2.46. The summed E-state index contributed by atoms with van der Waals surface area (Å²) < 4.78 is 0. The Balaban J connectivity index is 3.01. The Morgan fingerprint density at radius 1 is 0.950 bits per heavy atom. The number of likely N-dealkylation sites (tertiary alicyclic amines) is 1. The molecule has 0 N–H and O–H groups in total. The number of rotatable bonds is 1. The van der Waals surface area contributed by atoms with Gasteiger partial charge in [-0.25, -0.2) is 0 Å². The van der Waals surface area contributed by atoms with Crippen LogP contribution in [0.5, 0.6) is 0 Å². The molecule has 0 spiro atoms. The average molecular weight is 281 g/mol. The molecule has 1 fully saturated rings. The highest BCUT2D eigenvalue weighted by molar-refractivity contribution is 5.82. The van der Waals surface area contributed by atoms with Crippen LogP contribution in [0.25, 0.3) is 0 Å². The van der Waals surface area contributed by atoms with Crippen LogP contribution in [0.4, 0.5) is 0 Å². The van der Waals surface area contributed by atoms with E-state index in [9.17, 15) is 4.79 Å². The van der Waals surface area contributed by atoms with Crippen LogP contribution in [-0.4, -0.2) is 23.9 Å². The molecular weight excluding hydrogens is 246 g/mol. The molecule has 20 heavy (non-hydrogen) atoms. The van der Waals surface area contributed by atoms with Crippen molar-refractivity contribution in [3.8, 4) is 0 Å². The molecule has 2 nitrogen and oxygen atoms in total. The largest absolute Gasteiger partial charge is 0.342 e. The molecule has 1 heterocycles. The first-order valence-electron chi connectivity index (χ1n) is 8.02. The fraction of sp³-hybridized carbons (Fsp3) is 0.944. The molecule has 0 saturated carbocycles. The summed E-state index contributed by atoms with van der Waals surface area (Å²) in [6.45, 7) is 21.8. The minimum absolute atomic E-state index is 0.0178. The van der Waals surface area contributed by atoms with E-state index in [0.717, 1.165) is 19.5 Å². The van der Waals surface area contributed by atoms with Crippen molar-refractivity contribution in [2.75, 3.05) is 13.1 Å². The molecule has 0 aromatic carbocycles. The van der Waals surface area contributed by atoms with Gasteiger partial charge in [-0.15, -0.1) is 0 Å². The maximum absolute atomic E-state index is 13.0. The van der Waals surface area contributed by atoms with Crippen LogP contribution in [0.15, 0.2) is 0 Å². The Morgan fingerprint density at radius 3 is 1.90 bits per heavy atom. The molecule has 0 unspecified atom stereocenters.